The fourth-order valence-corrected chi connectivity index (χ4v) is 5.01. The van der Waals surface area contributed by atoms with E-state index in [1.54, 1.807) is 11.3 Å². The van der Waals surface area contributed by atoms with Crippen molar-refractivity contribution in [2.45, 2.75) is 64.2 Å². The van der Waals surface area contributed by atoms with Gasteiger partial charge in [0.2, 0.25) is 5.91 Å². The van der Waals surface area contributed by atoms with Crippen molar-refractivity contribution in [2.24, 2.45) is 0 Å². The number of nitrogens with zero attached hydrogens (tertiary/aromatic N) is 2. The zero-order valence-electron chi connectivity index (χ0n) is 14.4. The predicted molar refractivity (Wildman–Crippen MR) is 98.4 cm³/mol. The first-order valence-corrected chi connectivity index (χ1v) is 10.2. The summed E-state index contributed by atoms with van der Waals surface area (Å²) in [6.07, 6.45) is 11.4. The standard InChI is InChI=1S/C19H27N3OS/c20-14-16-15-8-4-5-9-17(15)24-19(16)21-18(23)10-13-22-11-6-2-1-3-7-12-22/h1-13H2,(H,21,23). The molecule has 0 radical (unpaired) electrons. The minimum Gasteiger partial charge on any atom is -0.317 e. The van der Waals surface area contributed by atoms with Crippen molar-refractivity contribution in [3.63, 3.8) is 0 Å². The molecular formula is C19H27N3OS. The van der Waals surface area contributed by atoms with Gasteiger partial charge in [-0.05, 0) is 57.2 Å². The summed E-state index contributed by atoms with van der Waals surface area (Å²) in [5.74, 6) is 0.0483. The van der Waals surface area contributed by atoms with Gasteiger partial charge in [0.25, 0.3) is 0 Å². The van der Waals surface area contributed by atoms with Crippen LogP contribution in [0.3, 0.4) is 0 Å². The third kappa shape index (κ3) is 4.37. The Kier molecular flexibility index (Phi) is 6.28. The van der Waals surface area contributed by atoms with E-state index in [1.807, 2.05) is 0 Å². The summed E-state index contributed by atoms with van der Waals surface area (Å²) in [6.45, 7) is 3.06. The van der Waals surface area contributed by atoms with Gasteiger partial charge in [0.1, 0.15) is 11.1 Å². The van der Waals surface area contributed by atoms with Crippen LogP contribution in [0.25, 0.3) is 0 Å². The maximum Gasteiger partial charge on any atom is 0.226 e. The topological polar surface area (TPSA) is 56.1 Å². The molecule has 1 aromatic rings. The molecule has 5 heteroatoms. The van der Waals surface area contributed by atoms with E-state index in [0.717, 1.165) is 43.9 Å². The van der Waals surface area contributed by atoms with Crippen molar-refractivity contribution in [1.82, 2.24) is 4.90 Å². The Labute approximate surface area is 148 Å². The monoisotopic (exact) mass is 345 g/mol. The van der Waals surface area contributed by atoms with Gasteiger partial charge < -0.3 is 10.2 Å². The molecule has 1 aliphatic carbocycles. The Balaban J connectivity index is 1.55. The molecule has 1 amide bonds. The van der Waals surface area contributed by atoms with E-state index >= 15 is 0 Å². The fourth-order valence-electron chi connectivity index (χ4n) is 3.76. The highest BCUT2D eigenvalue weighted by Gasteiger charge is 2.21. The molecule has 3 rings (SSSR count). The van der Waals surface area contributed by atoms with Crippen molar-refractivity contribution in [2.75, 3.05) is 25.0 Å². The molecule has 1 N–H and O–H groups in total. The molecule has 24 heavy (non-hydrogen) atoms. The molecule has 2 heterocycles. The number of hydrogen-bond acceptors (Lipinski definition) is 4. The molecule has 1 aliphatic heterocycles. The number of nitriles is 1. The summed E-state index contributed by atoms with van der Waals surface area (Å²) in [5.41, 5.74) is 1.90. The average Bonchev–Trinajstić information content (AvgIpc) is 2.90. The van der Waals surface area contributed by atoms with Gasteiger partial charge in [-0.15, -0.1) is 11.3 Å². The Hall–Kier alpha value is -1.38. The lowest BCUT2D eigenvalue weighted by molar-refractivity contribution is -0.116. The first kappa shape index (κ1) is 17.4. The zero-order valence-corrected chi connectivity index (χ0v) is 15.2. The molecule has 1 saturated heterocycles. The molecule has 2 aliphatic rings. The first-order chi connectivity index (χ1) is 11.8. The number of hydrogen-bond donors (Lipinski definition) is 1. The second-order valence-corrected chi connectivity index (χ2v) is 8.04. The van der Waals surface area contributed by atoms with Gasteiger partial charge in [-0.1, -0.05) is 19.3 Å². The molecule has 130 valence electrons. The number of carbonyl (C=O) groups excluding carboxylic acids is 1. The summed E-state index contributed by atoms with van der Waals surface area (Å²) >= 11 is 1.61. The van der Waals surface area contributed by atoms with Crippen LogP contribution < -0.4 is 5.32 Å². The lowest BCUT2D eigenvalue weighted by Crippen LogP contribution is -2.30. The second-order valence-electron chi connectivity index (χ2n) is 6.93. The molecule has 0 atom stereocenters. The van der Waals surface area contributed by atoms with Crippen molar-refractivity contribution in [3.8, 4) is 6.07 Å². The van der Waals surface area contributed by atoms with Gasteiger partial charge in [0, 0.05) is 17.8 Å². The molecule has 0 unspecified atom stereocenters. The van der Waals surface area contributed by atoms with Crippen LogP contribution in [0, 0.1) is 11.3 Å². The van der Waals surface area contributed by atoms with Crippen LogP contribution in [0.15, 0.2) is 0 Å². The number of rotatable bonds is 4. The summed E-state index contributed by atoms with van der Waals surface area (Å²) in [4.78, 5) is 16.1. The molecule has 0 aromatic carbocycles. The highest BCUT2D eigenvalue weighted by Crippen LogP contribution is 2.37. The van der Waals surface area contributed by atoms with E-state index in [9.17, 15) is 10.1 Å². The van der Waals surface area contributed by atoms with Crippen LogP contribution in [0.1, 0.15) is 67.4 Å². The number of carbonyl (C=O) groups is 1. The third-order valence-corrected chi connectivity index (χ3v) is 6.35. The van der Waals surface area contributed by atoms with Gasteiger partial charge in [0.05, 0.1) is 5.56 Å². The van der Waals surface area contributed by atoms with Gasteiger partial charge in [-0.25, -0.2) is 0 Å². The number of amides is 1. The number of fused-ring (bicyclic) bond motifs is 1. The first-order valence-electron chi connectivity index (χ1n) is 9.35. The molecule has 1 aromatic heterocycles. The number of thiophene rings is 1. The Morgan fingerprint density at radius 2 is 1.79 bits per heavy atom. The quantitative estimate of drug-likeness (QED) is 0.894. The van der Waals surface area contributed by atoms with Gasteiger partial charge in [-0.2, -0.15) is 5.26 Å². The summed E-state index contributed by atoms with van der Waals surface area (Å²) in [6, 6.07) is 2.32. The van der Waals surface area contributed by atoms with E-state index in [2.05, 4.69) is 16.3 Å². The fraction of sp³-hybridized carbons (Fsp3) is 0.684. The number of likely N-dealkylation sites (tertiary alicyclic amines) is 1. The van der Waals surface area contributed by atoms with Crippen LogP contribution in [0.4, 0.5) is 5.00 Å². The van der Waals surface area contributed by atoms with Crippen LogP contribution in [-0.2, 0) is 17.6 Å². The molecule has 0 saturated carbocycles. The molecule has 0 spiro atoms. The Morgan fingerprint density at radius 3 is 2.54 bits per heavy atom. The van der Waals surface area contributed by atoms with E-state index < -0.39 is 0 Å². The van der Waals surface area contributed by atoms with Gasteiger partial charge in [-0.3, -0.25) is 4.79 Å². The van der Waals surface area contributed by atoms with E-state index in [0.29, 0.717) is 12.0 Å². The van der Waals surface area contributed by atoms with Crippen LogP contribution in [0.5, 0.6) is 0 Å². The normalized spacial score (nSPS) is 19.0. The average molecular weight is 346 g/mol. The van der Waals surface area contributed by atoms with Crippen molar-refractivity contribution in [3.05, 3.63) is 16.0 Å². The smallest absolute Gasteiger partial charge is 0.226 e. The maximum atomic E-state index is 12.3. The van der Waals surface area contributed by atoms with E-state index in [1.165, 1.54) is 49.0 Å². The lowest BCUT2D eigenvalue weighted by Gasteiger charge is -2.24. The predicted octanol–water partition coefficient (Wildman–Crippen LogP) is 4.09. The van der Waals surface area contributed by atoms with Crippen molar-refractivity contribution < 1.29 is 4.79 Å². The highest BCUT2D eigenvalue weighted by molar-refractivity contribution is 7.16. The van der Waals surface area contributed by atoms with E-state index in [-0.39, 0.29) is 5.91 Å². The number of anilines is 1. The summed E-state index contributed by atoms with van der Waals surface area (Å²) in [5, 5.41) is 13.3. The SMILES string of the molecule is N#Cc1c(NC(=O)CCN2CCCCCCC2)sc2c1CCCC2. The minimum atomic E-state index is 0.0483. The zero-order chi connectivity index (χ0) is 16.8. The molecule has 0 bridgehead atoms. The van der Waals surface area contributed by atoms with Crippen molar-refractivity contribution >= 4 is 22.2 Å². The lowest BCUT2D eigenvalue weighted by atomic mass is 9.96. The molecule has 4 nitrogen and oxygen atoms in total. The Bertz CT molecular complexity index is 609. The van der Waals surface area contributed by atoms with E-state index in [4.69, 9.17) is 0 Å². The maximum absolute atomic E-state index is 12.3. The number of aryl methyl sites for hydroxylation is 1. The third-order valence-electron chi connectivity index (χ3n) is 5.14. The Morgan fingerprint density at radius 1 is 1.08 bits per heavy atom. The second kappa shape index (κ2) is 8.64. The minimum absolute atomic E-state index is 0.0483. The molecular weight excluding hydrogens is 318 g/mol. The van der Waals surface area contributed by atoms with Crippen LogP contribution in [-0.4, -0.2) is 30.4 Å². The largest absolute Gasteiger partial charge is 0.317 e. The highest BCUT2D eigenvalue weighted by atomic mass is 32.1. The van der Waals surface area contributed by atoms with Crippen LogP contribution >= 0.6 is 11.3 Å². The summed E-state index contributed by atoms with van der Waals surface area (Å²) < 4.78 is 0. The van der Waals surface area contributed by atoms with Crippen molar-refractivity contribution in [1.29, 1.82) is 5.26 Å². The number of nitrogens with one attached hydrogen (secondary N) is 1. The van der Waals surface area contributed by atoms with Crippen LogP contribution in [0.2, 0.25) is 0 Å². The van der Waals surface area contributed by atoms with Gasteiger partial charge >= 0.3 is 0 Å². The molecule has 1 fully saturated rings. The van der Waals surface area contributed by atoms with Gasteiger partial charge in [0.15, 0.2) is 0 Å². The summed E-state index contributed by atoms with van der Waals surface area (Å²) in [7, 11) is 0.